The number of nitrogens with zero attached hydrogens (tertiary/aromatic N) is 1. The first-order chi connectivity index (χ1) is 8.17. The van der Waals surface area contributed by atoms with Crippen LogP contribution in [0.15, 0.2) is 24.9 Å². The van der Waals surface area contributed by atoms with Crippen LogP contribution in [-0.4, -0.2) is 28.9 Å². The van der Waals surface area contributed by atoms with E-state index >= 15 is 0 Å². The first kappa shape index (κ1) is 16.4. The quantitative estimate of drug-likeness (QED) is 0.561. The molecule has 18 heavy (non-hydrogen) atoms. The summed E-state index contributed by atoms with van der Waals surface area (Å²) in [6.45, 7) is 14.9. The maximum absolute atomic E-state index is 10.8. The summed E-state index contributed by atoms with van der Waals surface area (Å²) in [6, 6.07) is 0. The predicted molar refractivity (Wildman–Crippen MR) is 71.8 cm³/mol. The molecule has 0 unspecified atom stereocenters. The van der Waals surface area contributed by atoms with E-state index in [1.165, 1.54) is 0 Å². The molecule has 0 spiro atoms. The Labute approximate surface area is 109 Å². The van der Waals surface area contributed by atoms with Gasteiger partial charge in [-0.25, -0.2) is 4.79 Å². The molecule has 1 aliphatic heterocycles. The Balaban J connectivity index is 0.000000327. The lowest BCUT2D eigenvalue weighted by Crippen LogP contribution is -2.23. The van der Waals surface area contributed by atoms with E-state index in [0.717, 1.165) is 13.0 Å². The average Bonchev–Trinajstić information content (AvgIpc) is 2.62. The lowest BCUT2D eigenvalue weighted by Gasteiger charge is -2.19. The van der Waals surface area contributed by atoms with Crippen molar-refractivity contribution in [1.29, 1.82) is 0 Å². The molecule has 1 heterocycles. The molecule has 1 saturated heterocycles. The molecule has 4 heteroatoms. The molecule has 0 aromatic carbocycles. The Hall–Kier alpha value is -1.58. The van der Waals surface area contributed by atoms with Gasteiger partial charge < -0.3 is 9.64 Å². The molecule has 0 aromatic rings. The number of amides is 1. The summed E-state index contributed by atoms with van der Waals surface area (Å²) in [7, 11) is 0. The van der Waals surface area contributed by atoms with Gasteiger partial charge in [-0.15, -0.1) is 0 Å². The van der Waals surface area contributed by atoms with Gasteiger partial charge in [-0.2, -0.15) is 0 Å². The lowest BCUT2D eigenvalue weighted by atomic mass is 10.2. The second-order valence-corrected chi connectivity index (χ2v) is 5.16. The van der Waals surface area contributed by atoms with Gasteiger partial charge in [-0.05, 0) is 40.3 Å². The molecule has 1 rings (SSSR count). The van der Waals surface area contributed by atoms with E-state index in [4.69, 9.17) is 4.74 Å². The third-order valence-electron chi connectivity index (χ3n) is 2.08. The van der Waals surface area contributed by atoms with E-state index in [9.17, 15) is 9.59 Å². The van der Waals surface area contributed by atoms with Gasteiger partial charge in [-0.3, -0.25) is 4.79 Å². The van der Waals surface area contributed by atoms with Crippen molar-refractivity contribution in [2.24, 2.45) is 0 Å². The molecule has 0 saturated carbocycles. The normalized spacial score (nSPS) is 14.7. The van der Waals surface area contributed by atoms with E-state index in [-0.39, 0.29) is 11.9 Å². The fraction of sp³-hybridized carbons (Fsp3) is 0.571. The van der Waals surface area contributed by atoms with Crippen molar-refractivity contribution in [2.45, 2.75) is 46.1 Å². The van der Waals surface area contributed by atoms with Crippen LogP contribution >= 0.6 is 0 Å². The highest BCUT2D eigenvalue weighted by atomic mass is 16.6. The standard InChI is InChI=1S/C8H14O2.C6H9NO/c1-6(2)7(9)10-8(3,4)5;1-2-7-5-3-4-6(7)8/h1H2,2-5H3;2H,1,3-5H2. The van der Waals surface area contributed by atoms with Crippen LogP contribution in [0.5, 0.6) is 0 Å². The van der Waals surface area contributed by atoms with Crippen molar-refractivity contribution in [3.05, 3.63) is 24.9 Å². The van der Waals surface area contributed by atoms with Crippen molar-refractivity contribution < 1.29 is 14.3 Å². The Bertz CT molecular complexity index is 339. The molecule has 102 valence electrons. The lowest BCUT2D eigenvalue weighted by molar-refractivity contribution is -0.149. The average molecular weight is 253 g/mol. The molecule has 0 bridgehead atoms. The zero-order chi connectivity index (χ0) is 14.3. The molecule has 1 aliphatic rings. The topological polar surface area (TPSA) is 46.6 Å². The van der Waals surface area contributed by atoms with Gasteiger partial charge in [0.25, 0.3) is 0 Å². The van der Waals surface area contributed by atoms with E-state index in [2.05, 4.69) is 13.2 Å². The van der Waals surface area contributed by atoms with Gasteiger partial charge in [0.15, 0.2) is 0 Å². The van der Waals surface area contributed by atoms with Crippen molar-refractivity contribution in [3.8, 4) is 0 Å². The van der Waals surface area contributed by atoms with Crippen LogP contribution in [0.25, 0.3) is 0 Å². The Morgan fingerprint density at radius 2 is 2.00 bits per heavy atom. The minimum absolute atomic E-state index is 0.208. The molecule has 0 aromatic heterocycles. The Morgan fingerprint density at radius 3 is 2.17 bits per heavy atom. The molecular formula is C14H23NO3. The van der Waals surface area contributed by atoms with Gasteiger partial charge in [-0.1, -0.05) is 13.2 Å². The van der Waals surface area contributed by atoms with Gasteiger partial charge in [0.05, 0.1) is 0 Å². The third kappa shape index (κ3) is 6.89. The number of likely N-dealkylation sites (tertiary alicyclic amines) is 1. The molecular weight excluding hydrogens is 230 g/mol. The fourth-order valence-corrected chi connectivity index (χ4v) is 1.23. The van der Waals surface area contributed by atoms with Crippen LogP contribution in [0.4, 0.5) is 0 Å². The highest BCUT2D eigenvalue weighted by Crippen LogP contribution is 2.09. The summed E-state index contributed by atoms with van der Waals surface area (Å²) in [4.78, 5) is 23.1. The van der Waals surface area contributed by atoms with Crippen LogP contribution in [0.3, 0.4) is 0 Å². The van der Waals surface area contributed by atoms with E-state index < -0.39 is 5.60 Å². The largest absolute Gasteiger partial charge is 0.457 e. The van der Waals surface area contributed by atoms with E-state index in [1.807, 2.05) is 20.8 Å². The van der Waals surface area contributed by atoms with Crippen LogP contribution in [-0.2, 0) is 14.3 Å². The first-order valence-electron chi connectivity index (χ1n) is 5.98. The first-order valence-corrected chi connectivity index (χ1v) is 5.98. The fourth-order valence-electron chi connectivity index (χ4n) is 1.23. The summed E-state index contributed by atoms with van der Waals surface area (Å²) in [5.41, 5.74) is 0.0330. The summed E-state index contributed by atoms with van der Waals surface area (Å²) in [5, 5.41) is 0. The van der Waals surface area contributed by atoms with Crippen LogP contribution in [0, 0.1) is 0 Å². The predicted octanol–water partition coefficient (Wildman–Crippen LogP) is 2.66. The van der Waals surface area contributed by atoms with Crippen LogP contribution in [0.2, 0.25) is 0 Å². The summed E-state index contributed by atoms with van der Waals surface area (Å²) < 4.78 is 4.96. The molecule has 1 amide bonds. The van der Waals surface area contributed by atoms with Crippen molar-refractivity contribution in [1.82, 2.24) is 4.90 Å². The maximum atomic E-state index is 10.8. The number of rotatable bonds is 2. The van der Waals surface area contributed by atoms with Gasteiger partial charge in [0.2, 0.25) is 5.91 Å². The molecule has 0 radical (unpaired) electrons. The van der Waals surface area contributed by atoms with E-state index in [1.54, 1.807) is 18.0 Å². The number of ether oxygens (including phenoxy) is 1. The number of carbonyl (C=O) groups excluding carboxylic acids is 2. The van der Waals surface area contributed by atoms with Crippen LogP contribution in [0.1, 0.15) is 40.5 Å². The second-order valence-electron chi connectivity index (χ2n) is 5.16. The minimum atomic E-state index is -0.407. The number of hydrogen-bond donors (Lipinski definition) is 0. The monoisotopic (exact) mass is 253 g/mol. The molecule has 0 atom stereocenters. The SMILES string of the molecule is C=C(C)C(=O)OC(C)(C)C.C=CN1CCCC1=O. The Kier molecular flexibility index (Phi) is 6.37. The zero-order valence-corrected chi connectivity index (χ0v) is 11.8. The highest BCUT2D eigenvalue weighted by Gasteiger charge is 2.16. The maximum Gasteiger partial charge on any atom is 0.333 e. The molecule has 1 fully saturated rings. The summed E-state index contributed by atoms with van der Waals surface area (Å²) >= 11 is 0. The molecule has 0 N–H and O–H groups in total. The third-order valence-corrected chi connectivity index (χ3v) is 2.08. The number of esters is 1. The molecule has 0 aliphatic carbocycles. The van der Waals surface area contributed by atoms with Gasteiger partial charge in [0, 0.05) is 18.5 Å². The molecule has 4 nitrogen and oxygen atoms in total. The van der Waals surface area contributed by atoms with Gasteiger partial charge in [0.1, 0.15) is 5.60 Å². The number of hydrogen-bond acceptors (Lipinski definition) is 3. The van der Waals surface area contributed by atoms with Crippen molar-refractivity contribution >= 4 is 11.9 Å². The van der Waals surface area contributed by atoms with Gasteiger partial charge >= 0.3 is 5.97 Å². The highest BCUT2D eigenvalue weighted by molar-refractivity contribution is 5.87. The second kappa shape index (κ2) is 6.99. The Morgan fingerprint density at radius 1 is 1.44 bits per heavy atom. The van der Waals surface area contributed by atoms with Crippen molar-refractivity contribution in [2.75, 3.05) is 6.54 Å². The minimum Gasteiger partial charge on any atom is -0.457 e. The van der Waals surface area contributed by atoms with Crippen molar-refractivity contribution in [3.63, 3.8) is 0 Å². The summed E-state index contributed by atoms with van der Waals surface area (Å²) in [6.07, 6.45) is 3.28. The van der Waals surface area contributed by atoms with Crippen LogP contribution < -0.4 is 0 Å². The summed E-state index contributed by atoms with van der Waals surface area (Å²) in [5.74, 6) is -0.118. The van der Waals surface area contributed by atoms with E-state index in [0.29, 0.717) is 12.0 Å². The zero-order valence-electron chi connectivity index (χ0n) is 11.8. The smallest absolute Gasteiger partial charge is 0.333 e. The number of carbonyl (C=O) groups is 2.